The first-order valence-electron chi connectivity index (χ1n) is 9.81. The van der Waals surface area contributed by atoms with E-state index in [1.165, 1.54) is 21.3 Å². The van der Waals surface area contributed by atoms with Crippen LogP contribution in [-0.2, 0) is 4.84 Å². The van der Waals surface area contributed by atoms with Crippen molar-refractivity contribution in [2.75, 3.05) is 28.4 Å². The predicted octanol–water partition coefficient (Wildman–Crippen LogP) is 4.90. The van der Waals surface area contributed by atoms with Gasteiger partial charge in [-0.15, -0.1) is 0 Å². The molecular weight excluding hydrogens is 482 g/mol. The van der Waals surface area contributed by atoms with Crippen molar-refractivity contribution < 1.29 is 28.6 Å². The maximum atomic E-state index is 12.9. The fourth-order valence-corrected chi connectivity index (χ4v) is 4.04. The summed E-state index contributed by atoms with van der Waals surface area (Å²) in [4.78, 5) is 27.2. The minimum absolute atomic E-state index is 0.123. The van der Waals surface area contributed by atoms with E-state index in [0.717, 1.165) is 11.8 Å². The summed E-state index contributed by atoms with van der Waals surface area (Å²) < 4.78 is 20.9. The standard InChI is InChI=1S/C23H22ClN3O6S/c1-13(15-10-9-14(29-2)11-17(15)30-3)27-33-22(28)21-16(24)7-6-8-18(21)34-23-25-19(31-4)12-20(26-23)32-5/h6-12H,1-5H3/b27-13+. The molecule has 3 rings (SSSR count). The highest BCUT2D eigenvalue weighted by atomic mass is 35.5. The van der Waals surface area contributed by atoms with Gasteiger partial charge in [-0.25, -0.2) is 4.79 Å². The quantitative estimate of drug-likeness (QED) is 0.175. The Balaban J connectivity index is 1.88. The van der Waals surface area contributed by atoms with E-state index in [9.17, 15) is 4.79 Å². The highest BCUT2D eigenvalue weighted by Gasteiger charge is 2.20. The number of methoxy groups -OCH3 is 4. The van der Waals surface area contributed by atoms with Crippen LogP contribution in [-0.4, -0.2) is 50.1 Å². The molecule has 0 amide bonds. The molecule has 0 atom stereocenters. The fourth-order valence-electron chi connectivity index (χ4n) is 2.83. The maximum Gasteiger partial charge on any atom is 0.368 e. The first-order valence-corrected chi connectivity index (χ1v) is 11.0. The van der Waals surface area contributed by atoms with Crippen LogP contribution >= 0.6 is 23.4 Å². The van der Waals surface area contributed by atoms with Crippen LogP contribution in [0.3, 0.4) is 0 Å². The molecule has 0 saturated carbocycles. The van der Waals surface area contributed by atoms with Crippen LogP contribution in [0, 0.1) is 0 Å². The molecular formula is C23H22ClN3O6S. The second kappa shape index (κ2) is 11.6. The topological polar surface area (TPSA) is 101 Å². The highest BCUT2D eigenvalue weighted by molar-refractivity contribution is 7.99. The van der Waals surface area contributed by atoms with Crippen LogP contribution in [0.15, 0.2) is 57.7 Å². The van der Waals surface area contributed by atoms with Crippen molar-refractivity contribution in [2.24, 2.45) is 5.16 Å². The first-order chi connectivity index (χ1) is 16.4. The molecule has 178 valence electrons. The van der Waals surface area contributed by atoms with E-state index >= 15 is 0 Å². The molecule has 0 saturated heterocycles. The first kappa shape index (κ1) is 25.1. The van der Waals surface area contributed by atoms with Gasteiger partial charge in [0.05, 0.1) is 50.8 Å². The molecule has 2 aromatic carbocycles. The Morgan fingerprint density at radius 2 is 1.65 bits per heavy atom. The number of rotatable bonds is 9. The molecule has 11 heteroatoms. The Morgan fingerprint density at radius 3 is 2.26 bits per heavy atom. The van der Waals surface area contributed by atoms with E-state index in [-0.39, 0.29) is 10.6 Å². The number of ether oxygens (including phenoxy) is 4. The summed E-state index contributed by atoms with van der Waals surface area (Å²) in [6.45, 7) is 1.69. The van der Waals surface area contributed by atoms with E-state index in [1.807, 2.05) is 0 Å². The summed E-state index contributed by atoms with van der Waals surface area (Å²) in [6, 6.07) is 11.8. The van der Waals surface area contributed by atoms with Crippen molar-refractivity contribution in [3.63, 3.8) is 0 Å². The van der Waals surface area contributed by atoms with Gasteiger partial charge in [0.15, 0.2) is 5.16 Å². The van der Waals surface area contributed by atoms with E-state index < -0.39 is 5.97 Å². The van der Waals surface area contributed by atoms with Crippen molar-refractivity contribution in [3.05, 3.63) is 58.6 Å². The van der Waals surface area contributed by atoms with Gasteiger partial charge in [0.1, 0.15) is 11.5 Å². The van der Waals surface area contributed by atoms with Crippen LogP contribution < -0.4 is 18.9 Å². The zero-order valence-corrected chi connectivity index (χ0v) is 20.7. The van der Waals surface area contributed by atoms with Gasteiger partial charge in [-0.05, 0) is 43.0 Å². The van der Waals surface area contributed by atoms with Crippen LogP contribution in [0.1, 0.15) is 22.8 Å². The van der Waals surface area contributed by atoms with Crippen molar-refractivity contribution in [1.29, 1.82) is 0 Å². The number of benzene rings is 2. The highest BCUT2D eigenvalue weighted by Crippen LogP contribution is 2.34. The van der Waals surface area contributed by atoms with Crippen LogP contribution in [0.25, 0.3) is 0 Å². The number of halogens is 1. The van der Waals surface area contributed by atoms with Gasteiger partial charge in [0, 0.05) is 16.5 Å². The zero-order chi connectivity index (χ0) is 24.7. The number of hydrogen-bond donors (Lipinski definition) is 0. The number of aromatic nitrogens is 2. The fraction of sp³-hybridized carbons (Fsp3) is 0.217. The second-order valence-electron chi connectivity index (χ2n) is 6.57. The Labute approximate surface area is 206 Å². The van der Waals surface area contributed by atoms with Gasteiger partial charge < -0.3 is 23.8 Å². The SMILES string of the molecule is COc1ccc(/C(C)=N/OC(=O)c2c(Cl)cccc2Sc2nc(OC)cc(OC)n2)c(OC)c1. The Morgan fingerprint density at radius 1 is 0.941 bits per heavy atom. The van der Waals surface area contributed by atoms with E-state index in [4.69, 9.17) is 35.4 Å². The molecule has 0 bridgehead atoms. The molecule has 0 spiro atoms. The summed E-state index contributed by atoms with van der Waals surface area (Å²) in [5, 5.41) is 4.48. The minimum Gasteiger partial charge on any atom is -0.497 e. The van der Waals surface area contributed by atoms with Gasteiger partial charge in [-0.2, -0.15) is 9.97 Å². The summed E-state index contributed by atoms with van der Waals surface area (Å²) in [7, 11) is 6.05. The van der Waals surface area contributed by atoms with Crippen molar-refractivity contribution in [3.8, 4) is 23.3 Å². The number of nitrogens with zero attached hydrogens (tertiary/aromatic N) is 3. The van der Waals surface area contributed by atoms with Crippen molar-refractivity contribution in [2.45, 2.75) is 17.0 Å². The summed E-state index contributed by atoms with van der Waals surface area (Å²) >= 11 is 7.44. The average Bonchev–Trinajstić information content (AvgIpc) is 2.86. The van der Waals surface area contributed by atoms with Crippen LogP contribution in [0.2, 0.25) is 5.02 Å². The van der Waals surface area contributed by atoms with Crippen LogP contribution in [0.5, 0.6) is 23.3 Å². The molecule has 1 heterocycles. The number of carbonyl (C=O) groups excluding carboxylic acids is 1. The third-order valence-corrected chi connectivity index (χ3v) is 5.76. The predicted molar refractivity (Wildman–Crippen MR) is 128 cm³/mol. The second-order valence-corrected chi connectivity index (χ2v) is 7.99. The number of carbonyl (C=O) groups is 1. The van der Waals surface area contributed by atoms with Crippen LogP contribution in [0.4, 0.5) is 0 Å². The molecule has 9 nitrogen and oxygen atoms in total. The third kappa shape index (κ3) is 5.89. The molecule has 0 aliphatic heterocycles. The van der Waals surface area contributed by atoms with Gasteiger partial charge in [0.2, 0.25) is 11.8 Å². The summed E-state index contributed by atoms with van der Waals surface area (Å²) in [5.41, 5.74) is 1.19. The molecule has 0 unspecified atom stereocenters. The van der Waals surface area contributed by atoms with E-state index in [2.05, 4.69) is 15.1 Å². The molecule has 1 aromatic heterocycles. The lowest BCUT2D eigenvalue weighted by Gasteiger charge is -2.11. The van der Waals surface area contributed by atoms with E-state index in [1.54, 1.807) is 56.5 Å². The largest absolute Gasteiger partial charge is 0.497 e. The van der Waals surface area contributed by atoms with Gasteiger partial charge in [-0.3, -0.25) is 0 Å². The van der Waals surface area contributed by atoms with E-state index in [0.29, 0.717) is 44.6 Å². The number of hydrogen-bond acceptors (Lipinski definition) is 10. The molecule has 0 aliphatic carbocycles. The average molecular weight is 504 g/mol. The van der Waals surface area contributed by atoms with Gasteiger partial charge in [-0.1, -0.05) is 22.8 Å². The molecule has 0 N–H and O–H groups in total. The molecule has 0 radical (unpaired) electrons. The lowest BCUT2D eigenvalue weighted by molar-refractivity contribution is 0.0512. The summed E-state index contributed by atoms with van der Waals surface area (Å²) in [5.74, 6) is 1.03. The third-order valence-electron chi connectivity index (χ3n) is 4.52. The molecule has 0 aliphatic rings. The Kier molecular flexibility index (Phi) is 8.55. The normalized spacial score (nSPS) is 11.1. The molecule has 3 aromatic rings. The Bertz CT molecular complexity index is 1200. The number of oxime groups is 1. The van der Waals surface area contributed by atoms with Crippen molar-refractivity contribution in [1.82, 2.24) is 9.97 Å². The summed E-state index contributed by atoms with van der Waals surface area (Å²) in [6.07, 6.45) is 0. The lowest BCUT2D eigenvalue weighted by atomic mass is 10.1. The van der Waals surface area contributed by atoms with Gasteiger partial charge in [0.25, 0.3) is 0 Å². The smallest absolute Gasteiger partial charge is 0.368 e. The Hall–Kier alpha value is -3.50. The lowest BCUT2D eigenvalue weighted by Crippen LogP contribution is -2.07. The molecule has 0 fully saturated rings. The zero-order valence-electron chi connectivity index (χ0n) is 19.1. The van der Waals surface area contributed by atoms with Crippen molar-refractivity contribution >= 4 is 35.0 Å². The monoisotopic (exact) mass is 503 g/mol. The minimum atomic E-state index is -0.741. The molecule has 34 heavy (non-hydrogen) atoms. The maximum absolute atomic E-state index is 12.9. The van der Waals surface area contributed by atoms with Gasteiger partial charge >= 0.3 is 5.97 Å².